The predicted molar refractivity (Wildman–Crippen MR) is 85.1 cm³/mol. The Morgan fingerprint density at radius 3 is 2.12 bits per heavy atom. The van der Waals surface area contributed by atoms with E-state index in [1.54, 1.807) is 24.3 Å². The molecule has 0 aromatic heterocycles. The number of carbonyl (C=O) groups is 2. The van der Waals surface area contributed by atoms with Gasteiger partial charge in [-0.2, -0.15) is 13.2 Å². The molecule has 132 valence electrons. The molecule has 0 heterocycles. The second-order valence-electron chi connectivity index (χ2n) is 5.07. The first kappa shape index (κ1) is 18.3. The minimum atomic E-state index is -4.42. The Labute approximate surface area is 141 Å². The Morgan fingerprint density at radius 1 is 1.00 bits per heavy atom. The molecule has 0 aliphatic carbocycles. The second kappa shape index (κ2) is 7.69. The lowest BCUT2D eigenvalue weighted by Crippen LogP contribution is -2.28. The van der Waals surface area contributed by atoms with Crippen molar-refractivity contribution in [2.75, 3.05) is 12.4 Å². The van der Waals surface area contributed by atoms with Gasteiger partial charge in [0.1, 0.15) is 0 Å². The van der Waals surface area contributed by atoms with Crippen LogP contribution in [0.3, 0.4) is 0 Å². The molecule has 8 heteroatoms. The Morgan fingerprint density at radius 2 is 1.60 bits per heavy atom. The van der Waals surface area contributed by atoms with Crippen molar-refractivity contribution in [2.45, 2.75) is 12.7 Å². The van der Waals surface area contributed by atoms with Gasteiger partial charge in [-0.3, -0.25) is 0 Å². The highest BCUT2D eigenvalue weighted by Gasteiger charge is 2.29. The zero-order chi connectivity index (χ0) is 18.4. The lowest BCUT2D eigenvalue weighted by molar-refractivity contribution is -0.137. The zero-order valence-corrected chi connectivity index (χ0v) is 13.2. The Balaban J connectivity index is 1.87. The number of alkyl halides is 3. The van der Waals surface area contributed by atoms with Crippen LogP contribution in [0.5, 0.6) is 0 Å². The number of halogens is 3. The average molecular weight is 352 g/mol. The SMILES string of the molecule is COC(=O)c1ccc(CNC(=O)Nc2ccc(C(F)(F)F)cc2)cc1. The minimum Gasteiger partial charge on any atom is -0.465 e. The first-order chi connectivity index (χ1) is 11.8. The molecule has 25 heavy (non-hydrogen) atoms. The van der Waals surface area contributed by atoms with Crippen LogP contribution in [0.4, 0.5) is 23.7 Å². The molecule has 0 unspecified atom stereocenters. The fraction of sp³-hybridized carbons (Fsp3) is 0.176. The lowest BCUT2D eigenvalue weighted by Gasteiger charge is -2.10. The number of esters is 1. The van der Waals surface area contributed by atoms with Crippen molar-refractivity contribution in [2.24, 2.45) is 0 Å². The van der Waals surface area contributed by atoms with Gasteiger partial charge >= 0.3 is 18.2 Å². The maximum absolute atomic E-state index is 12.5. The van der Waals surface area contributed by atoms with E-state index in [0.717, 1.165) is 17.7 Å². The second-order valence-corrected chi connectivity index (χ2v) is 5.07. The number of benzene rings is 2. The van der Waals surface area contributed by atoms with Crippen LogP contribution in [0.1, 0.15) is 21.5 Å². The molecule has 0 bridgehead atoms. The summed E-state index contributed by atoms with van der Waals surface area (Å²) in [6.45, 7) is 0.188. The molecular formula is C17H15F3N2O3. The van der Waals surface area contributed by atoms with Crippen molar-refractivity contribution in [3.8, 4) is 0 Å². The normalized spacial score (nSPS) is 10.9. The van der Waals surface area contributed by atoms with Gasteiger partial charge in [0.25, 0.3) is 0 Å². The number of ether oxygens (including phenoxy) is 1. The number of rotatable bonds is 4. The van der Waals surface area contributed by atoms with E-state index >= 15 is 0 Å². The van der Waals surface area contributed by atoms with Crippen LogP contribution in [-0.4, -0.2) is 19.1 Å². The topological polar surface area (TPSA) is 67.4 Å². The number of amides is 2. The highest BCUT2D eigenvalue weighted by molar-refractivity contribution is 5.90. The molecule has 2 aromatic rings. The fourth-order valence-corrected chi connectivity index (χ4v) is 1.98. The van der Waals surface area contributed by atoms with Crippen LogP contribution in [-0.2, 0) is 17.5 Å². The van der Waals surface area contributed by atoms with Crippen LogP contribution >= 0.6 is 0 Å². The summed E-state index contributed by atoms with van der Waals surface area (Å²) in [6, 6.07) is 10.0. The number of methoxy groups -OCH3 is 1. The van der Waals surface area contributed by atoms with E-state index < -0.39 is 23.7 Å². The molecule has 0 fully saturated rings. The minimum absolute atomic E-state index is 0.188. The third kappa shape index (κ3) is 5.23. The van der Waals surface area contributed by atoms with E-state index in [4.69, 9.17) is 0 Å². The maximum Gasteiger partial charge on any atom is 0.416 e. The molecule has 0 spiro atoms. The summed E-state index contributed by atoms with van der Waals surface area (Å²) < 4.78 is 42.0. The summed E-state index contributed by atoms with van der Waals surface area (Å²) in [6.07, 6.45) is -4.42. The number of carbonyl (C=O) groups excluding carboxylic acids is 2. The molecule has 2 rings (SSSR count). The molecule has 5 nitrogen and oxygen atoms in total. The van der Waals surface area contributed by atoms with E-state index in [-0.39, 0.29) is 12.2 Å². The van der Waals surface area contributed by atoms with Crippen LogP contribution in [0, 0.1) is 0 Å². The van der Waals surface area contributed by atoms with Crippen LogP contribution < -0.4 is 10.6 Å². The van der Waals surface area contributed by atoms with Crippen LogP contribution in [0.15, 0.2) is 48.5 Å². The summed E-state index contributed by atoms with van der Waals surface area (Å²) in [7, 11) is 1.28. The Hall–Kier alpha value is -3.03. The number of hydrogen-bond donors (Lipinski definition) is 2. The van der Waals surface area contributed by atoms with Crippen LogP contribution in [0.2, 0.25) is 0 Å². The van der Waals surface area contributed by atoms with Gasteiger partial charge in [0.15, 0.2) is 0 Å². The van der Waals surface area contributed by atoms with Gasteiger partial charge in [0.2, 0.25) is 0 Å². The van der Waals surface area contributed by atoms with E-state index in [2.05, 4.69) is 15.4 Å². The molecule has 0 saturated heterocycles. The molecule has 2 N–H and O–H groups in total. The van der Waals surface area contributed by atoms with Crippen molar-refractivity contribution in [3.05, 3.63) is 65.2 Å². The lowest BCUT2D eigenvalue weighted by atomic mass is 10.1. The first-order valence-electron chi connectivity index (χ1n) is 7.19. The molecule has 2 amide bonds. The molecular weight excluding hydrogens is 337 g/mol. The summed E-state index contributed by atoms with van der Waals surface area (Å²) in [5.41, 5.74) is 0.589. The zero-order valence-electron chi connectivity index (χ0n) is 13.2. The van der Waals surface area contributed by atoms with Gasteiger partial charge < -0.3 is 15.4 Å². The smallest absolute Gasteiger partial charge is 0.416 e. The number of hydrogen-bond acceptors (Lipinski definition) is 3. The molecule has 0 radical (unpaired) electrons. The Kier molecular flexibility index (Phi) is 5.63. The number of anilines is 1. The summed E-state index contributed by atoms with van der Waals surface area (Å²) in [4.78, 5) is 23.1. The van der Waals surface area contributed by atoms with Gasteiger partial charge in [-0.05, 0) is 42.0 Å². The third-order valence-electron chi connectivity index (χ3n) is 3.30. The van der Waals surface area contributed by atoms with Gasteiger partial charge in [-0.25, -0.2) is 9.59 Å². The highest BCUT2D eigenvalue weighted by atomic mass is 19.4. The summed E-state index contributed by atoms with van der Waals surface area (Å²) in [5.74, 6) is -0.459. The largest absolute Gasteiger partial charge is 0.465 e. The standard InChI is InChI=1S/C17H15F3N2O3/c1-25-15(23)12-4-2-11(3-5-12)10-21-16(24)22-14-8-6-13(7-9-14)17(18,19)20/h2-9H,10H2,1H3,(H2,21,22,24). The third-order valence-corrected chi connectivity index (χ3v) is 3.30. The number of urea groups is 1. The van der Waals surface area contributed by atoms with E-state index in [9.17, 15) is 22.8 Å². The van der Waals surface area contributed by atoms with Crippen molar-refractivity contribution in [1.82, 2.24) is 5.32 Å². The quantitative estimate of drug-likeness (QED) is 0.822. The van der Waals surface area contributed by atoms with Gasteiger partial charge in [0, 0.05) is 12.2 Å². The van der Waals surface area contributed by atoms with Gasteiger partial charge in [-0.1, -0.05) is 12.1 Å². The first-order valence-corrected chi connectivity index (χ1v) is 7.19. The van der Waals surface area contributed by atoms with Crippen molar-refractivity contribution in [3.63, 3.8) is 0 Å². The maximum atomic E-state index is 12.5. The highest BCUT2D eigenvalue weighted by Crippen LogP contribution is 2.29. The molecule has 0 aliphatic rings. The fourth-order valence-electron chi connectivity index (χ4n) is 1.98. The molecule has 0 atom stereocenters. The number of nitrogens with one attached hydrogen (secondary N) is 2. The van der Waals surface area contributed by atoms with Crippen molar-refractivity contribution in [1.29, 1.82) is 0 Å². The van der Waals surface area contributed by atoms with Gasteiger partial charge in [0.05, 0.1) is 18.2 Å². The van der Waals surface area contributed by atoms with E-state index in [0.29, 0.717) is 5.56 Å². The average Bonchev–Trinajstić information content (AvgIpc) is 2.59. The summed E-state index contributed by atoms with van der Waals surface area (Å²) >= 11 is 0. The van der Waals surface area contributed by atoms with Crippen molar-refractivity contribution >= 4 is 17.7 Å². The van der Waals surface area contributed by atoms with E-state index in [1.165, 1.54) is 19.2 Å². The predicted octanol–water partition coefficient (Wildman–Crippen LogP) is 3.81. The molecule has 2 aromatic carbocycles. The molecule has 0 saturated carbocycles. The Bertz CT molecular complexity index is 741. The van der Waals surface area contributed by atoms with Crippen LogP contribution in [0.25, 0.3) is 0 Å². The molecule has 0 aliphatic heterocycles. The van der Waals surface area contributed by atoms with Gasteiger partial charge in [-0.15, -0.1) is 0 Å². The van der Waals surface area contributed by atoms with E-state index in [1.807, 2.05) is 0 Å². The van der Waals surface area contributed by atoms with Crippen molar-refractivity contribution < 1.29 is 27.5 Å². The monoisotopic (exact) mass is 352 g/mol. The summed E-state index contributed by atoms with van der Waals surface area (Å²) in [5, 5.41) is 5.00.